The van der Waals surface area contributed by atoms with E-state index in [1.807, 2.05) is 24.3 Å². The lowest BCUT2D eigenvalue weighted by Crippen LogP contribution is -2.14. The van der Waals surface area contributed by atoms with E-state index in [9.17, 15) is 4.79 Å². The minimum Gasteiger partial charge on any atom is -0.299 e. The molecule has 0 N–H and O–H groups in total. The Morgan fingerprint density at radius 2 is 2.00 bits per heavy atom. The first-order valence-corrected chi connectivity index (χ1v) is 6.38. The number of rotatable bonds is 5. The molecule has 1 saturated carbocycles. The summed E-state index contributed by atoms with van der Waals surface area (Å²) in [6.45, 7) is 2.06. The number of hydrogen-bond acceptors (Lipinski definition) is 1. The van der Waals surface area contributed by atoms with Crippen LogP contribution in [0.25, 0.3) is 0 Å². The van der Waals surface area contributed by atoms with Crippen molar-refractivity contribution in [1.29, 1.82) is 0 Å². The van der Waals surface area contributed by atoms with Gasteiger partial charge >= 0.3 is 0 Å². The Labute approximate surface area is 102 Å². The van der Waals surface area contributed by atoms with Gasteiger partial charge in [0.15, 0.2) is 0 Å². The van der Waals surface area contributed by atoms with Crippen molar-refractivity contribution in [2.24, 2.45) is 5.92 Å². The monoisotopic (exact) mass is 236 g/mol. The van der Waals surface area contributed by atoms with Crippen molar-refractivity contribution >= 4 is 17.4 Å². The Morgan fingerprint density at radius 3 is 2.50 bits per heavy atom. The molecule has 1 aromatic carbocycles. The summed E-state index contributed by atoms with van der Waals surface area (Å²) in [6.07, 6.45) is 4.03. The molecule has 16 heavy (non-hydrogen) atoms. The van der Waals surface area contributed by atoms with Crippen LogP contribution in [-0.4, -0.2) is 5.78 Å². The van der Waals surface area contributed by atoms with Gasteiger partial charge in [-0.3, -0.25) is 4.79 Å². The van der Waals surface area contributed by atoms with Gasteiger partial charge in [-0.2, -0.15) is 0 Å². The predicted octanol–water partition coefficient (Wildman–Crippen LogP) is 4.20. The van der Waals surface area contributed by atoms with Gasteiger partial charge in [0.2, 0.25) is 0 Å². The molecule has 2 heteroatoms. The van der Waals surface area contributed by atoms with Crippen molar-refractivity contribution in [1.82, 2.24) is 0 Å². The molecule has 1 unspecified atom stereocenters. The SMILES string of the molecule is CCCC(=O)C(c1ccc(Cl)cc1)C1CC1. The van der Waals surface area contributed by atoms with Gasteiger partial charge in [0.1, 0.15) is 5.78 Å². The molecule has 1 nitrogen and oxygen atoms in total. The van der Waals surface area contributed by atoms with E-state index < -0.39 is 0 Å². The first kappa shape index (κ1) is 11.7. The molecule has 0 aromatic heterocycles. The number of carbonyl (C=O) groups excluding carboxylic acids is 1. The summed E-state index contributed by atoms with van der Waals surface area (Å²) in [5.41, 5.74) is 1.14. The summed E-state index contributed by atoms with van der Waals surface area (Å²) in [5.74, 6) is 1.10. The van der Waals surface area contributed by atoms with Crippen LogP contribution in [0, 0.1) is 5.92 Å². The highest BCUT2D eigenvalue weighted by molar-refractivity contribution is 6.30. The van der Waals surface area contributed by atoms with E-state index in [0.717, 1.165) is 17.0 Å². The fourth-order valence-corrected chi connectivity index (χ4v) is 2.35. The van der Waals surface area contributed by atoms with Crippen molar-refractivity contribution in [3.05, 3.63) is 34.9 Å². The number of Topliss-reactive ketones (excluding diaryl/α,β-unsaturated/α-hetero) is 1. The highest BCUT2D eigenvalue weighted by atomic mass is 35.5. The van der Waals surface area contributed by atoms with Crippen LogP contribution in [0.15, 0.2) is 24.3 Å². The minimum absolute atomic E-state index is 0.122. The fraction of sp³-hybridized carbons (Fsp3) is 0.500. The first-order chi connectivity index (χ1) is 7.72. The zero-order valence-corrected chi connectivity index (χ0v) is 10.3. The molecule has 1 atom stereocenters. The predicted molar refractivity (Wildman–Crippen MR) is 66.8 cm³/mol. The van der Waals surface area contributed by atoms with Gasteiger partial charge in [-0.05, 0) is 42.9 Å². The number of carbonyl (C=O) groups is 1. The molecule has 2 rings (SSSR count). The summed E-state index contributed by atoms with van der Waals surface area (Å²) in [4.78, 5) is 12.1. The fourth-order valence-electron chi connectivity index (χ4n) is 2.22. The summed E-state index contributed by atoms with van der Waals surface area (Å²) < 4.78 is 0. The second kappa shape index (κ2) is 5.01. The Morgan fingerprint density at radius 1 is 1.38 bits per heavy atom. The smallest absolute Gasteiger partial charge is 0.140 e. The van der Waals surface area contributed by atoms with Crippen LogP contribution in [0.4, 0.5) is 0 Å². The minimum atomic E-state index is 0.122. The van der Waals surface area contributed by atoms with Gasteiger partial charge in [0.25, 0.3) is 0 Å². The van der Waals surface area contributed by atoms with E-state index in [2.05, 4.69) is 6.92 Å². The summed E-state index contributed by atoms with van der Waals surface area (Å²) >= 11 is 5.87. The number of hydrogen-bond donors (Lipinski definition) is 0. The number of benzene rings is 1. The zero-order chi connectivity index (χ0) is 11.5. The molecular weight excluding hydrogens is 220 g/mol. The van der Waals surface area contributed by atoms with E-state index in [1.54, 1.807) is 0 Å². The normalized spacial score (nSPS) is 17.1. The summed E-state index contributed by atoms with van der Waals surface area (Å²) in [6, 6.07) is 7.76. The quantitative estimate of drug-likeness (QED) is 0.749. The second-order valence-electron chi connectivity index (χ2n) is 4.58. The van der Waals surface area contributed by atoms with Gasteiger partial charge < -0.3 is 0 Å². The average Bonchev–Trinajstić information content (AvgIpc) is 3.06. The van der Waals surface area contributed by atoms with Gasteiger partial charge in [-0.25, -0.2) is 0 Å². The lowest BCUT2D eigenvalue weighted by Gasteiger charge is -2.15. The molecule has 1 aliphatic carbocycles. The Hall–Kier alpha value is -0.820. The van der Waals surface area contributed by atoms with E-state index in [1.165, 1.54) is 12.8 Å². The third-order valence-electron chi connectivity index (χ3n) is 3.17. The lowest BCUT2D eigenvalue weighted by atomic mass is 9.88. The molecule has 0 heterocycles. The van der Waals surface area contributed by atoms with E-state index in [4.69, 9.17) is 11.6 Å². The molecule has 0 bridgehead atoms. The molecule has 1 aliphatic rings. The highest BCUT2D eigenvalue weighted by Gasteiger charge is 2.36. The Balaban J connectivity index is 2.18. The molecule has 0 amide bonds. The maximum absolute atomic E-state index is 12.1. The maximum Gasteiger partial charge on any atom is 0.140 e. The topological polar surface area (TPSA) is 17.1 Å². The van der Waals surface area contributed by atoms with Crippen LogP contribution < -0.4 is 0 Å². The standard InChI is InChI=1S/C14H17ClO/c1-2-3-13(16)14(10-4-5-10)11-6-8-12(15)9-7-11/h6-10,14H,2-5H2,1H3. The van der Waals surface area contributed by atoms with E-state index in [0.29, 0.717) is 18.1 Å². The third kappa shape index (κ3) is 2.65. The first-order valence-electron chi connectivity index (χ1n) is 6.00. The third-order valence-corrected chi connectivity index (χ3v) is 3.42. The number of halogens is 1. The van der Waals surface area contributed by atoms with Crippen LogP contribution in [0.3, 0.4) is 0 Å². The molecule has 1 aromatic rings. The second-order valence-corrected chi connectivity index (χ2v) is 5.02. The molecule has 0 radical (unpaired) electrons. The molecule has 1 fully saturated rings. The van der Waals surface area contributed by atoms with Crippen molar-refractivity contribution in [2.45, 2.75) is 38.5 Å². The zero-order valence-electron chi connectivity index (χ0n) is 9.58. The van der Waals surface area contributed by atoms with Gasteiger partial charge in [0, 0.05) is 17.4 Å². The average molecular weight is 237 g/mol. The molecule has 0 saturated heterocycles. The van der Waals surface area contributed by atoms with Crippen molar-refractivity contribution in [3.8, 4) is 0 Å². The van der Waals surface area contributed by atoms with Crippen LogP contribution in [0.5, 0.6) is 0 Å². The largest absolute Gasteiger partial charge is 0.299 e. The molecule has 0 spiro atoms. The Bertz CT molecular complexity index is 365. The van der Waals surface area contributed by atoms with Crippen molar-refractivity contribution in [2.75, 3.05) is 0 Å². The Kier molecular flexibility index (Phi) is 3.65. The molecular formula is C14H17ClO. The van der Waals surface area contributed by atoms with Crippen molar-refractivity contribution in [3.63, 3.8) is 0 Å². The number of ketones is 1. The van der Waals surface area contributed by atoms with E-state index in [-0.39, 0.29) is 5.92 Å². The van der Waals surface area contributed by atoms with Gasteiger partial charge in [-0.15, -0.1) is 0 Å². The van der Waals surface area contributed by atoms with Gasteiger partial charge in [0.05, 0.1) is 0 Å². The molecule has 0 aliphatic heterocycles. The van der Waals surface area contributed by atoms with Crippen LogP contribution in [-0.2, 0) is 4.79 Å². The van der Waals surface area contributed by atoms with Crippen LogP contribution >= 0.6 is 11.6 Å². The summed E-state index contributed by atoms with van der Waals surface area (Å²) in [5, 5.41) is 0.737. The maximum atomic E-state index is 12.1. The summed E-state index contributed by atoms with van der Waals surface area (Å²) in [7, 11) is 0. The molecule has 86 valence electrons. The van der Waals surface area contributed by atoms with Crippen LogP contribution in [0.1, 0.15) is 44.1 Å². The van der Waals surface area contributed by atoms with Crippen molar-refractivity contribution < 1.29 is 4.79 Å². The highest BCUT2D eigenvalue weighted by Crippen LogP contribution is 2.43. The lowest BCUT2D eigenvalue weighted by molar-refractivity contribution is -0.121. The van der Waals surface area contributed by atoms with Crippen LogP contribution in [0.2, 0.25) is 5.02 Å². The van der Waals surface area contributed by atoms with E-state index >= 15 is 0 Å². The van der Waals surface area contributed by atoms with Gasteiger partial charge in [-0.1, -0.05) is 30.7 Å².